The molecule has 5 aromatic rings. The highest BCUT2D eigenvalue weighted by Gasteiger charge is 2.54. The Morgan fingerprint density at radius 3 is 1.59 bits per heavy atom. The lowest BCUT2D eigenvalue weighted by Gasteiger charge is -2.26. The van der Waals surface area contributed by atoms with Crippen LogP contribution < -0.4 is 39.6 Å². The highest BCUT2D eigenvalue weighted by molar-refractivity contribution is 6.33. The number of carbonyl (C=O) groups excluding carboxylic acids is 6. The number of anilines is 3. The zero-order valence-electron chi connectivity index (χ0n) is 44.6. The number of ether oxygens (including phenoxy) is 9. The van der Waals surface area contributed by atoms with Gasteiger partial charge < -0.3 is 63.9 Å². The fourth-order valence-corrected chi connectivity index (χ4v) is 6.85. The molecule has 0 saturated carbocycles. The van der Waals surface area contributed by atoms with Crippen LogP contribution in [0.15, 0.2) is 121 Å². The Morgan fingerprint density at radius 1 is 0.670 bits per heavy atom. The first-order chi connectivity index (χ1) is 40.2. The fourth-order valence-electron chi connectivity index (χ4n) is 6.28. The summed E-state index contributed by atoms with van der Waals surface area (Å²) < 4.78 is 164. The number of nitrogen functional groups attached to an aromatic ring is 1. The minimum atomic E-state index is -5.51. The van der Waals surface area contributed by atoms with Crippen LogP contribution in [0.4, 0.5) is 56.6 Å². The molecule has 0 radical (unpaired) electrons. The van der Waals surface area contributed by atoms with E-state index in [9.17, 15) is 68.3 Å². The number of methoxy groups -OCH3 is 3. The summed E-state index contributed by atoms with van der Waals surface area (Å²) in [4.78, 5) is 70.0. The summed E-state index contributed by atoms with van der Waals surface area (Å²) in [5, 5.41) is 19.3. The van der Waals surface area contributed by atoms with Gasteiger partial charge in [-0.25, -0.2) is 32.5 Å². The number of benzene rings is 5. The van der Waals surface area contributed by atoms with E-state index in [4.69, 9.17) is 79.2 Å². The van der Waals surface area contributed by atoms with Crippen LogP contribution in [-0.4, -0.2) is 105 Å². The first-order valence-corrected chi connectivity index (χ1v) is 24.7. The van der Waals surface area contributed by atoms with E-state index < -0.39 is 114 Å². The van der Waals surface area contributed by atoms with Crippen molar-refractivity contribution in [2.45, 2.75) is 52.8 Å². The number of para-hydroxylation sites is 4. The molecule has 1 aliphatic rings. The number of amides is 3. The standard InChI is InChI=1S/C20H16ClF4NO6.C19H16ClF4NO7.C15H13ClFNO4.2CH4/c1-4-15(10(2)31-9-19(29)30-3)32-16-8-14(13(22)7-12(16)21)26-17(27)5-11(6-18(26)28)20(23,24)25;1-30-17(27)9-31-13-4-2-3-5-14(13)32-15-7-12(11(21)6-10(15)20)25-16(26)8-18(28,29)19(22,23)24;1-20-15(19)8-21-12-4-2-3-5-13(12)22-14-7-11(18)10(17)6-9(14)16;;/h4-5,7-8H,2,6,9H2,1,3H3;2-7,28-29H,8-9H2,1H3,(H,25,26);2-7H,8,18H2,1H3;2*1H4/b15-4+;;;;. The number of esters is 3. The van der Waals surface area contributed by atoms with Gasteiger partial charge in [0, 0.05) is 29.8 Å². The molecule has 32 heteroatoms. The summed E-state index contributed by atoms with van der Waals surface area (Å²) in [6, 6.07) is 18.1. The van der Waals surface area contributed by atoms with Crippen LogP contribution in [0.2, 0.25) is 15.1 Å². The molecule has 1 aliphatic heterocycles. The molecule has 6 rings (SSSR count). The lowest BCUT2D eigenvalue weighted by molar-refractivity contribution is -0.347. The molecule has 0 atom stereocenters. The van der Waals surface area contributed by atoms with Gasteiger partial charge in [-0.3, -0.25) is 14.4 Å². The molecule has 5 aromatic carbocycles. The van der Waals surface area contributed by atoms with E-state index in [1.165, 1.54) is 38.3 Å². The summed E-state index contributed by atoms with van der Waals surface area (Å²) in [7, 11) is 3.57. The maximum absolute atomic E-state index is 14.5. The summed E-state index contributed by atoms with van der Waals surface area (Å²) in [6.07, 6.45) is -11.8. The molecule has 0 aliphatic carbocycles. The Balaban J connectivity index is 0.000000453. The monoisotopic (exact) mass is 1320 g/mol. The zero-order valence-corrected chi connectivity index (χ0v) is 46.8. The number of hydrogen-bond donors (Lipinski definition) is 4. The Hall–Kier alpha value is -8.90. The van der Waals surface area contributed by atoms with Crippen molar-refractivity contribution in [3.8, 4) is 40.2 Å². The van der Waals surface area contributed by atoms with Gasteiger partial charge in [0.05, 0.1) is 66.3 Å². The van der Waals surface area contributed by atoms with E-state index in [0.717, 1.165) is 44.6 Å². The molecule has 0 bridgehead atoms. The number of rotatable bonds is 20. The summed E-state index contributed by atoms with van der Waals surface area (Å²) >= 11 is 17.8. The predicted molar refractivity (Wildman–Crippen MR) is 299 cm³/mol. The van der Waals surface area contributed by atoms with Gasteiger partial charge >= 0.3 is 30.3 Å². The Morgan fingerprint density at radius 2 is 1.12 bits per heavy atom. The van der Waals surface area contributed by atoms with Gasteiger partial charge in [-0.1, -0.05) is 80.5 Å². The number of aliphatic hydroxyl groups is 2. The molecule has 0 fully saturated rings. The summed E-state index contributed by atoms with van der Waals surface area (Å²) in [5.41, 5.74) is 2.76. The lowest BCUT2D eigenvalue weighted by Crippen LogP contribution is -2.47. The van der Waals surface area contributed by atoms with Crippen molar-refractivity contribution in [1.82, 2.24) is 0 Å². The third-order valence-corrected chi connectivity index (χ3v) is 11.4. The number of nitrogens with two attached hydrogens (primary N) is 1. The highest BCUT2D eigenvalue weighted by atomic mass is 35.5. The van der Waals surface area contributed by atoms with Crippen molar-refractivity contribution in [3.63, 3.8) is 0 Å². The second-order valence-corrected chi connectivity index (χ2v) is 17.8. The van der Waals surface area contributed by atoms with Crippen LogP contribution in [0.1, 0.15) is 34.6 Å². The number of carbonyl (C=O) groups is 6. The van der Waals surface area contributed by atoms with Crippen LogP contribution in [0, 0.1) is 17.5 Å². The van der Waals surface area contributed by atoms with Gasteiger partial charge in [-0.15, -0.1) is 0 Å². The predicted octanol–water partition coefficient (Wildman–Crippen LogP) is 12.3. The molecule has 0 unspecified atom stereocenters. The van der Waals surface area contributed by atoms with E-state index in [2.05, 4.69) is 20.8 Å². The molecular weight excluding hydrogens is 1260 g/mol. The molecule has 0 aromatic heterocycles. The Bertz CT molecular complexity index is 3420. The lowest BCUT2D eigenvalue weighted by atomic mass is 10.1. The number of allylic oxidation sites excluding steroid dienone is 1. The van der Waals surface area contributed by atoms with E-state index in [1.807, 2.05) is 0 Å². The molecular formula is C56H53Cl3F9N3O17. The maximum atomic E-state index is 14.5. The average Bonchev–Trinajstić information content (AvgIpc) is 3.58. The van der Waals surface area contributed by atoms with Gasteiger partial charge in [0.2, 0.25) is 11.8 Å². The quantitative estimate of drug-likeness (QED) is 0.00824. The molecule has 20 nitrogen and oxygen atoms in total. The molecule has 5 N–H and O–H groups in total. The van der Waals surface area contributed by atoms with Gasteiger partial charge in [-0.05, 0) is 55.5 Å². The number of nitrogens with one attached hydrogen (secondary N) is 1. The van der Waals surface area contributed by atoms with Crippen molar-refractivity contribution in [3.05, 3.63) is 153 Å². The van der Waals surface area contributed by atoms with E-state index in [0.29, 0.717) is 11.5 Å². The molecule has 478 valence electrons. The molecule has 1 heterocycles. The normalized spacial score (nSPS) is 12.1. The minimum Gasteiger partial charge on any atom is -0.479 e. The SMILES string of the molecule is C.C.C=C(OCC(=O)OC)/C(=C\C)Oc1cc(N2C(=O)C=C(C(F)(F)F)CC2=O)c(F)cc1Cl.COC(=O)COc1ccccc1Oc1cc(N)c(F)cc1Cl.COC(=O)COc1ccccc1Oc1cc(NC(=O)CC(O)(O)C(F)(F)F)c(F)cc1Cl. The van der Waals surface area contributed by atoms with Crippen LogP contribution in [0.3, 0.4) is 0 Å². The molecule has 0 spiro atoms. The first kappa shape index (κ1) is 75.2. The van der Waals surface area contributed by atoms with Gasteiger partial charge in [0.15, 0.2) is 54.3 Å². The number of halogens is 12. The first-order valence-electron chi connectivity index (χ1n) is 23.6. The van der Waals surface area contributed by atoms with Crippen LogP contribution in [-0.2, 0) is 47.7 Å². The van der Waals surface area contributed by atoms with Crippen molar-refractivity contribution in [1.29, 1.82) is 0 Å². The Kier molecular flexibility index (Phi) is 28.4. The molecule has 0 saturated heterocycles. The van der Waals surface area contributed by atoms with E-state index in [-0.39, 0.29) is 93.5 Å². The molecule has 88 heavy (non-hydrogen) atoms. The van der Waals surface area contributed by atoms with Crippen molar-refractivity contribution in [2.24, 2.45) is 0 Å². The highest BCUT2D eigenvalue weighted by Crippen LogP contribution is 2.41. The second kappa shape index (κ2) is 33.3. The van der Waals surface area contributed by atoms with Crippen LogP contribution in [0.25, 0.3) is 0 Å². The third-order valence-electron chi connectivity index (χ3n) is 10.6. The molecule has 3 amide bonds. The smallest absolute Gasteiger partial charge is 0.443 e. The van der Waals surface area contributed by atoms with E-state index >= 15 is 0 Å². The number of alkyl halides is 6. The van der Waals surface area contributed by atoms with Crippen molar-refractivity contribution in [2.75, 3.05) is 57.1 Å². The summed E-state index contributed by atoms with van der Waals surface area (Å²) in [6.45, 7) is 3.89. The van der Waals surface area contributed by atoms with Gasteiger partial charge in [0.1, 0.15) is 34.7 Å². The van der Waals surface area contributed by atoms with Crippen molar-refractivity contribution >= 4 is 87.5 Å². The zero-order chi connectivity index (χ0) is 64.4. The van der Waals surface area contributed by atoms with E-state index in [1.54, 1.807) is 41.7 Å². The minimum absolute atomic E-state index is 0. The largest absolute Gasteiger partial charge is 0.479 e. The number of imide groups is 1. The van der Waals surface area contributed by atoms with Crippen molar-refractivity contribution < 1.29 is 121 Å². The maximum Gasteiger partial charge on any atom is 0.443 e. The fraction of sp³-hybridized carbons (Fsp3) is 0.250. The van der Waals surface area contributed by atoms with Gasteiger partial charge in [-0.2, -0.15) is 26.3 Å². The van der Waals surface area contributed by atoms with Gasteiger partial charge in [0.25, 0.3) is 11.7 Å². The number of hydrogen-bond acceptors (Lipinski definition) is 18. The topological polar surface area (TPSA) is 267 Å². The number of nitrogens with zero attached hydrogens (tertiary/aromatic N) is 1. The summed E-state index contributed by atoms with van der Waals surface area (Å²) in [5.74, 6) is -13.1. The van der Waals surface area contributed by atoms with Crippen LogP contribution in [0.5, 0.6) is 40.2 Å². The third kappa shape index (κ3) is 21.5. The Labute approximate surface area is 510 Å². The van der Waals surface area contributed by atoms with Crippen LogP contribution >= 0.6 is 34.8 Å². The second-order valence-electron chi connectivity index (χ2n) is 16.6. The average molecular weight is 1320 g/mol.